The van der Waals surface area contributed by atoms with Crippen LogP contribution in [0.3, 0.4) is 0 Å². The first-order valence-corrected chi connectivity index (χ1v) is 6.16. The van der Waals surface area contributed by atoms with Crippen LogP contribution in [0.5, 0.6) is 5.75 Å². The van der Waals surface area contributed by atoms with Crippen LogP contribution >= 0.6 is 0 Å². The number of benzene rings is 1. The fraction of sp³-hybridized carbons (Fsp3) is 0.133. The Morgan fingerprint density at radius 3 is 2.65 bits per heavy atom. The number of carbonyl (C=O) groups excluding carboxylic acids is 2. The number of fused-ring (bicyclic) bond motifs is 2. The van der Waals surface area contributed by atoms with E-state index >= 15 is 0 Å². The van der Waals surface area contributed by atoms with Gasteiger partial charge in [-0.15, -0.1) is 0 Å². The van der Waals surface area contributed by atoms with Crippen molar-refractivity contribution in [3.8, 4) is 5.75 Å². The monoisotopic (exact) mass is 269 g/mol. The van der Waals surface area contributed by atoms with E-state index in [1.807, 2.05) is 30.3 Å². The summed E-state index contributed by atoms with van der Waals surface area (Å²) in [7, 11) is 0. The molecule has 1 aromatic carbocycles. The smallest absolute Gasteiger partial charge is 0.317 e. The second kappa shape index (κ2) is 5.13. The highest BCUT2D eigenvalue weighted by Crippen LogP contribution is 2.27. The maximum atomic E-state index is 11.0. The second-order valence-electron chi connectivity index (χ2n) is 4.34. The number of esters is 2. The Bertz CT molecular complexity index is 664. The van der Waals surface area contributed by atoms with E-state index in [4.69, 9.17) is 4.74 Å². The number of nitrogens with zero attached hydrogens (tertiary/aromatic N) is 1. The van der Waals surface area contributed by atoms with E-state index in [0.29, 0.717) is 18.6 Å². The van der Waals surface area contributed by atoms with Gasteiger partial charge in [0.05, 0.1) is 30.3 Å². The van der Waals surface area contributed by atoms with Gasteiger partial charge in [-0.05, 0) is 18.2 Å². The quantitative estimate of drug-likeness (QED) is 0.685. The molecule has 0 aliphatic carbocycles. The Hall–Kier alpha value is -2.69. The summed E-state index contributed by atoms with van der Waals surface area (Å²) in [6.45, 7) is 0. The zero-order valence-corrected chi connectivity index (χ0v) is 10.5. The van der Waals surface area contributed by atoms with Gasteiger partial charge >= 0.3 is 11.9 Å². The van der Waals surface area contributed by atoms with Crippen molar-refractivity contribution in [1.29, 1.82) is 0 Å². The molecule has 0 fully saturated rings. The van der Waals surface area contributed by atoms with Gasteiger partial charge in [-0.25, -0.2) is 4.98 Å². The third-order valence-corrected chi connectivity index (χ3v) is 2.88. The lowest BCUT2D eigenvalue weighted by Gasteiger charge is -1.99. The number of ether oxygens (including phenoxy) is 2. The molecule has 0 saturated carbocycles. The first-order valence-electron chi connectivity index (χ1n) is 6.16. The number of hydrogen-bond donors (Lipinski definition) is 0. The van der Waals surface area contributed by atoms with Crippen molar-refractivity contribution in [1.82, 2.24) is 4.98 Å². The molecule has 0 radical (unpaired) electrons. The van der Waals surface area contributed by atoms with E-state index in [1.165, 1.54) is 6.26 Å². The molecule has 20 heavy (non-hydrogen) atoms. The van der Waals surface area contributed by atoms with Gasteiger partial charge in [0.1, 0.15) is 0 Å². The number of para-hydroxylation sites is 1. The molecule has 0 atom stereocenters. The average molecular weight is 269 g/mol. The highest BCUT2D eigenvalue weighted by Gasteiger charge is 2.21. The summed E-state index contributed by atoms with van der Waals surface area (Å²) in [6, 6.07) is 9.61. The van der Waals surface area contributed by atoms with Crippen molar-refractivity contribution < 1.29 is 19.1 Å². The molecule has 5 heteroatoms. The van der Waals surface area contributed by atoms with Crippen molar-refractivity contribution in [3.05, 3.63) is 48.4 Å². The first-order chi connectivity index (χ1) is 9.72. The highest BCUT2D eigenvalue weighted by atomic mass is 16.5. The molecular formula is C15H11NO4. The summed E-state index contributed by atoms with van der Waals surface area (Å²) >= 11 is 0. The minimum atomic E-state index is -0.220. The van der Waals surface area contributed by atoms with Gasteiger partial charge in [0.25, 0.3) is 0 Å². The van der Waals surface area contributed by atoms with E-state index in [-0.39, 0.29) is 11.9 Å². The molecule has 5 nitrogen and oxygen atoms in total. The Kier molecular flexibility index (Phi) is 3.16. The maximum Gasteiger partial charge on any atom is 0.317 e. The first kappa shape index (κ1) is 12.3. The van der Waals surface area contributed by atoms with E-state index in [9.17, 15) is 9.59 Å². The number of rotatable bonds is 0. The summed E-state index contributed by atoms with van der Waals surface area (Å²) < 4.78 is 9.35. The molecule has 3 heterocycles. The van der Waals surface area contributed by atoms with Gasteiger partial charge in [-0.2, -0.15) is 0 Å². The van der Waals surface area contributed by atoms with Gasteiger partial charge < -0.3 is 9.47 Å². The molecule has 4 rings (SSSR count). The van der Waals surface area contributed by atoms with Crippen molar-refractivity contribution in [2.24, 2.45) is 0 Å². The van der Waals surface area contributed by atoms with E-state index in [2.05, 4.69) is 9.72 Å². The lowest BCUT2D eigenvalue weighted by atomic mass is 10.2. The van der Waals surface area contributed by atoms with Crippen LogP contribution in [-0.2, 0) is 20.7 Å². The predicted molar refractivity (Wildman–Crippen MR) is 70.9 cm³/mol. The fourth-order valence-electron chi connectivity index (χ4n) is 1.96. The molecule has 1 aromatic heterocycles. The number of carbonyl (C=O) groups is 2. The van der Waals surface area contributed by atoms with Gasteiger partial charge in [0, 0.05) is 5.39 Å². The second-order valence-corrected chi connectivity index (χ2v) is 4.34. The van der Waals surface area contributed by atoms with Gasteiger partial charge in [-0.1, -0.05) is 18.2 Å². The lowest BCUT2D eigenvalue weighted by Crippen LogP contribution is -2.00. The number of aromatic nitrogens is 1. The van der Waals surface area contributed by atoms with E-state index in [1.54, 1.807) is 6.08 Å². The zero-order valence-electron chi connectivity index (χ0n) is 10.5. The number of pyridine rings is 1. The van der Waals surface area contributed by atoms with Crippen LogP contribution in [0.4, 0.5) is 0 Å². The Balaban J connectivity index is 0.000000170. The standard InChI is InChI=1S/C11H7NO2.C4H4O2/c13-11-6-9-10(14-11)5-7-3-1-2-4-8(7)12-9;5-4-2-1-3-6-4/h1-5H,6H2;1,3H,2H2. The third-order valence-electron chi connectivity index (χ3n) is 2.88. The van der Waals surface area contributed by atoms with Crippen LogP contribution in [-0.4, -0.2) is 16.9 Å². The van der Waals surface area contributed by atoms with Crippen LogP contribution in [0.25, 0.3) is 10.9 Å². The summed E-state index contributed by atoms with van der Waals surface area (Å²) in [5.74, 6) is 0.228. The minimum absolute atomic E-state index is 0.157. The van der Waals surface area contributed by atoms with Gasteiger partial charge in [0.2, 0.25) is 0 Å². The predicted octanol–water partition coefficient (Wildman–Crippen LogP) is 2.14. The molecule has 0 amide bonds. The molecule has 2 aliphatic rings. The fourth-order valence-corrected chi connectivity index (χ4v) is 1.96. The Labute approximate surface area is 114 Å². The molecule has 0 spiro atoms. The Morgan fingerprint density at radius 2 is 1.95 bits per heavy atom. The summed E-state index contributed by atoms with van der Waals surface area (Å²) in [5.41, 5.74) is 1.65. The van der Waals surface area contributed by atoms with Crippen LogP contribution in [0.15, 0.2) is 42.7 Å². The Morgan fingerprint density at radius 1 is 1.10 bits per heavy atom. The number of cyclic esters (lactones) is 1. The third kappa shape index (κ3) is 2.51. The molecule has 0 bridgehead atoms. The topological polar surface area (TPSA) is 65.5 Å². The van der Waals surface area contributed by atoms with Crippen LogP contribution in [0.2, 0.25) is 0 Å². The summed E-state index contributed by atoms with van der Waals surface area (Å²) in [5, 5.41) is 1.00. The highest BCUT2D eigenvalue weighted by molar-refractivity contribution is 5.86. The van der Waals surface area contributed by atoms with E-state index < -0.39 is 0 Å². The van der Waals surface area contributed by atoms with Crippen LogP contribution < -0.4 is 4.74 Å². The normalized spacial score (nSPS) is 15.4. The van der Waals surface area contributed by atoms with Gasteiger partial charge in [0.15, 0.2) is 5.75 Å². The van der Waals surface area contributed by atoms with E-state index in [0.717, 1.165) is 16.6 Å². The largest absolute Gasteiger partial charge is 0.435 e. The SMILES string of the molecule is O=C1CC=CO1.O=C1Cc2nc3ccccc3cc2O1. The average Bonchev–Trinajstić information content (AvgIpc) is 3.04. The van der Waals surface area contributed by atoms with Gasteiger partial charge in [-0.3, -0.25) is 9.59 Å². The molecule has 100 valence electrons. The number of hydrogen-bond acceptors (Lipinski definition) is 5. The zero-order chi connectivity index (χ0) is 13.9. The molecule has 0 unspecified atom stereocenters. The molecule has 0 saturated heterocycles. The molecule has 2 aliphatic heterocycles. The van der Waals surface area contributed by atoms with Crippen molar-refractivity contribution in [2.75, 3.05) is 0 Å². The van der Waals surface area contributed by atoms with Crippen LogP contribution in [0.1, 0.15) is 12.1 Å². The van der Waals surface area contributed by atoms with Crippen molar-refractivity contribution in [2.45, 2.75) is 12.8 Å². The van der Waals surface area contributed by atoms with Crippen molar-refractivity contribution in [3.63, 3.8) is 0 Å². The molecule has 2 aromatic rings. The summed E-state index contributed by atoms with van der Waals surface area (Å²) in [6.07, 6.45) is 3.82. The van der Waals surface area contributed by atoms with Crippen molar-refractivity contribution >= 4 is 22.8 Å². The van der Waals surface area contributed by atoms with Crippen LogP contribution in [0, 0.1) is 0 Å². The minimum Gasteiger partial charge on any atom is -0.435 e. The molecule has 0 N–H and O–H groups in total. The summed E-state index contributed by atoms with van der Waals surface area (Å²) in [4.78, 5) is 25.3. The maximum absolute atomic E-state index is 11.0. The lowest BCUT2D eigenvalue weighted by molar-refractivity contribution is -0.135. The molecular weight excluding hydrogens is 258 g/mol.